The molecule has 21 heavy (non-hydrogen) atoms. The molecule has 0 aliphatic rings. The standard InChI is InChI=1S/C15H12N2O3S/c18-21(19)10-11-4-6-12(7-5-11)14-9-20-15(17-14)13-3-1-2-8-16-13/h1-9H,10H2,(H,18,19). The second-order valence-electron chi connectivity index (χ2n) is 4.42. The normalized spacial score (nSPS) is 12.2. The third-order valence-corrected chi connectivity index (χ3v) is 3.51. The summed E-state index contributed by atoms with van der Waals surface area (Å²) in [5, 5.41) is 0. The molecule has 0 radical (unpaired) electrons. The van der Waals surface area contributed by atoms with Crippen molar-refractivity contribution in [3.8, 4) is 22.8 Å². The molecule has 0 aliphatic carbocycles. The average Bonchev–Trinajstić information content (AvgIpc) is 2.98. The van der Waals surface area contributed by atoms with Gasteiger partial charge in [0.2, 0.25) is 5.89 Å². The van der Waals surface area contributed by atoms with Crippen LogP contribution in [0.3, 0.4) is 0 Å². The van der Waals surface area contributed by atoms with E-state index in [4.69, 9.17) is 8.97 Å². The van der Waals surface area contributed by atoms with Gasteiger partial charge in [-0.3, -0.25) is 4.98 Å². The van der Waals surface area contributed by atoms with Gasteiger partial charge >= 0.3 is 0 Å². The fourth-order valence-corrected chi connectivity index (χ4v) is 2.41. The van der Waals surface area contributed by atoms with E-state index in [0.29, 0.717) is 17.3 Å². The van der Waals surface area contributed by atoms with Crippen molar-refractivity contribution in [2.75, 3.05) is 0 Å². The molecular weight excluding hydrogens is 288 g/mol. The summed E-state index contributed by atoms with van der Waals surface area (Å²) in [6, 6.07) is 12.8. The fraction of sp³-hybridized carbons (Fsp3) is 0.0667. The van der Waals surface area contributed by atoms with Crippen molar-refractivity contribution in [1.29, 1.82) is 0 Å². The number of benzene rings is 1. The van der Waals surface area contributed by atoms with E-state index in [1.54, 1.807) is 24.6 Å². The first kappa shape index (κ1) is 13.7. The Kier molecular flexibility index (Phi) is 3.89. The molecule has 1 atom stereocenters. The van der Waals surface area contributed by atoms with Gasteiger partial charge < -0.3 is 8.97 Å². The SMILES string of the molecule is O=S(O)Cc1ccc(-c2coc(-c3ccccn3)n2)cc1. The first-order chi connectivity index (χ1) is 10.2. The van der Waals surface area contributed by atoms with E-state index in [2.05, 4.69) is 9.97 Å². The van der Waals surface area contributed by atoms with Crippen LogP contribution in [0.2, 0.25) is 0 Å². The van der Waals surface area contributed by atoms with Crippen LogP contribution >= 0.6 is 0 Å². The van der Waals surface area contributed by atoms with Crippen LogP contribution in [0.4, 0.5) is 0 Å². The van der Waals surface area contributed by atoms with Gasteiger partial charge in [0.05, 0.1) is 5.75 Å². The Morgan fingerprint density at radius 1 is 1.10 bits per heavy atom. The number of aromatic nitrogens is 2. The minimum Gasteiger partial charge on any atom is -0.443 e. The van der Waals surface area contributed by atoms with Crippen LogP contribution in [-0.2, 0) is 16.8 Å². The highest BCUT2D eigenvalue weighted by Gasteiger charge is 2.09. The Balaban J connectivity index is 1.85. The van der Waals surface area contributed by atoms with Crippen LogP contribution in [0.5, 0.6) is 0 Å². The third kappa shape index (κ3) is 3.24. The summed E-state index contributed by atoms with van der Waals surface area (Å²) < 4.78 is 25.1. The highest BCUT2D eigenvalue weighted by molar-refractivity contribution is 7.78. The van der Waals surface area contributed by atoms with Crippen LogP contribution in [-0.4, -0.2) is 18.7 Å². The highest BCUT2D eigenvalue weighted by Crippen LogP contribution is 2.23. The fourth-order valence-electron chi connectivity index (χ4n) is 1.93. The highest BCUT2D eigenvalue weighted by atomic mass is 32.2. The molecule has 5 nitrogen and oxygen atoms in total. The monoisotopic (exact) mass is 300 g/mol. The lowest BCUT2D eigenvalue weighted by molar-refractivity contribution is 0.563. The van der Waals surface area contributed by atoms with Gasteiger partial charge in [-0.1, -0.05) is 30.3 Å². The summed E-state index contributed by atoms with van der Waals surface area (Å²) in [4.78, 5) is 8.59. The summed E-state index contributed by atoms with van der Waals surface area (Å²) in [5.74, 6) is 0.587. The van der Waals surface area contributed by atoms with Crippen LogP contribution in [0.1, 0.15) is 5.56 Å². The van der Waals surface area contributed by atoms with E-state index in [0.717, 1.165) is 11.1 Å². The zero-order valence-electron chi connectivity index (χ0n) is 11.0. The summed E-state index contributed by atoms with van der Waals surface area (Å²) in [6.07, 6.45) is 3.26. The number of nitrogens with zero attached hydrogens (tertiary/aromatic N) is 2. The average molecular weight is 300 g/mol. The maximum absolute atomic E-state index is 10.8. The Labute approximate surface area is 124 Å². The predicted molar refractivity (Wildman–Crippen MR) is 79.6 cm³/mol. The van der Waals surface area contributed by atoms with Gasteiger partial charge in [0, 0.05) is 11.8 Å². The molecular formula is C15H12N2O3S. The second-order valence-corrected chi connectivity index (χ2v) is 5.35. The minimum absolute atomic E-state index is 0.123. The summed E-state index contributed by atoms with van der Waals surface area (Å²) in [7, 11) is 0. The Hall–Kier alpha value is -2.31. The predicted octanol–water partition coefficient (Wildman–Crippen LogP) is 3.13. The van der Waals surface area contributed by atoms with Crippen LogP contribution in [0, 0.1) is 0 Å². The minimum atomic E-state index is -1.83. The molecule has 1 aromatic carbocycles. The van der Waals surface area contributed by atoms with E-state index >= 15 is 0 Å². The summed E-state index contributed by atoms with van der Waals surface area (Å²) in [5.41, 5.74) is 3.06. The first-order valence-electron chi connectivity index (χ1n) is 6.26. The summed E-state index contributed by atoms with van der Waals surface area (Å²) in [6.45, 7) is 0. The molecule has 0 spiro atoms. The molecule has 3 rings (SSSR count). The van der Waals surface area contributed by atoms with Crippen molar-refractivity contribution in [2.45, 2.75) is 5.75 Å². The maximum Gasteiger partial charge on any atom is 0.245 e. The Morgan fingerprint density at radius 3 is 2.57 bits per heavy atom. The van der Waals surface area contributed by atoms with E-state index < -0.39 is 11.1 Å². The molecule has 106 valence electrons. The lowest BCUT2D eigenvalue weighted by atomic mass is 10.1. The second kappa shape index (κ2) is 5.99. The molecule has 0 amide bonds. The van der Waals surface area contributed by atoms with E-state index in [1.165, 1.54) is 0 Å². The van der Waals surface area contributed by atoms with Crippen molar-refractivity contribution in [2.24, 2.45) is 0 Å². The Bertz CT molecular complexity index is 754. The largest absolute Gasteiger partial charge is 0.443 e. The molecule has 2 aromatic heterocycles. The van der Waals surface area contributed by atoms with Crippen molar-refractivity contribution in [1.82, 2.24) is 9.97 Å². The molecule has 3 aromatic rings. The van der Waals surface area contributed by atoms with Gasteiger partial charge in [0.1, 0.15) is 17.7 Å². The zero-order chi connectivity index (χ0) is 14.7. The van der Waals surface area contributed by atoms with Gasteiger partial charge in [0.15, 0.2) is 11.1 Å². The van der Waals surface area contributed by atoms with Gasteiger partial charge in [-0.25, -0.2) is 9.19 Å². The first-order valence-corrected chi connectivity index (χ1v) is 7.53. The summed E-state index contributed by atoms with van der Waals surface area (Å²) >= 11 is -1.83. The van der Waals surface area contributed by atoms with Crippen LogP contribution in [0.25, 0.3) is 22.8 Å². The van der Waals surface area contributed by atoms with E-state index in [9.17, 15) is 4.21 Å². The molecule has 0 aliphatic heterocycles. The lowest BCUT2D eigenvalue weighted by Gasteiger charge is -1.99. The maximum atomic E-state index is 10.8. The van der Waals surface area contributed by atoms with Crippen LogP contribution in [0.15, 0.2) is 59.3 Å². The van der Waals surface area contributed by atoms with Crippen LogP contribution < -0.4 is 0 Å². The third-order valence-electron chi connectivity index (χ3n) is 2.93. The molecule has 2 heterocycles. The molecule has 0 bridgehead atoms. The molecule has 0 saturated carbocycles. The topological polar surface area (TPSA) is 76.2 Å². The number of hydrogen-bond donors (Lipinski definition) is 1. The van der Waals surface area contributed by atoms with Gasteiger partial charge in [0.25, 0.3) is 0 Å². The number of pyridine rings is 1. The van der Waals surface area contributed by atoms with Crippen molar-refractivity contribution >= 4 is 11.1 Å². The molecule has 1 N–H and O–H groups in total. The quantitative estimate of drug-likeness (QED) is 0.749. The molecule has 1 unspecified atom stereocenters. The van der Waals surface area contributed by atoms with E-state index in [-0.39, 0.29) is 5.75 Å². The van der Waals surface area contributed by atoms with Gasteiger partial charge in [-0.2, -0.15) is 0 Å². The smallest absolute Gasteiger partial charge is 0.245 e. The molecule has 6 heteroatoms. The van der Waals surface area contributed by atoms with Crippen molar-refractivity contribution < 1.29 is 13.2 Å². The number of hydrogen-bond acceptors (Lipinski definition) is 4. The number of oxazole rings is 1. The molecule has 0 fully saturated rings. The van der Waals surface area contributed by atoms with Gasteiger partial charge in [-0.05, 0) is 17.7 Å². The lowest BCUT2D eigenvalue weighted by Crippen LogP contribution is -1.92. The molecule has 0 saturated heterocycles. The van der Waals surface area contributed by atoms with Crippen molar-refractivity contribution in [3.05, 3.63) is 60.5 Å². The Morgan fingerprint density at radius 2 is 1.90 bits per heavy atom. The zero-order valence-corrected chi connectivity index (χ0v) is 11.8. The van der Waals surface area contributed by atoms with Crippen molar-refractivity contribution in [3.63, 3.8) is 0 Å². The van der Waals surface area contributed by atoms with Gasteiger partial charge in [-0.15, -0.1) is 0 Å². The van der Waals surface area contributed by atoms with E-state index in [1.807, 2.05) is 30.3 Å². The number of rotatable bonds is 4.